The summed E-state index contributed by atoms with van der Waals surface area (Å²) in [5.74, 6) is -1.02. The van der Waals surface area contributed by atoms with E-state index in [1.807, 2.05) is 0 Å². The van der Waals surface area contributed by atoms with Crippen molar-refractivity contribution in [1.29, 1.82) is 0 Å². The minimum absolute atomic E-state index is 0.0316. The van der Waals surface area contributed by atoms with Crippen molar-refractivity contribution in [2.75, 3.05) is 38.0 Å². The lowest BCUT2D eigenvalue weighted by Crippen LogP contribution is -2.20. The van der Waals surface area contributed by atoms with E-state index in [0.717, 1.165) is 6.42 Å². The van der Waals surface area contributed by atoms with Gasteiger partial charge in [0.15, 0.2) is 0 Å². The smallest absolute Gasteiger partial charge is 0.495 e. The fourth-order valence-electron chi connectivity index (χ4n) is 4.37. The van der Waals surface area contributed by atoms with Crippen molar-refractivity contribution >= 4 is 37.3 Å². The van der Waals surface area contributed by atoms with Crippen molar-refractivity contribution in [2.45, 2.75) is 39.1 Å². The summed E-state index contributed by atoms with van der Waals surface area (Å²) in [7, 11) is 0.525. The third-order valence-corrected chi connectivity index (χ3v) is 7.49. The minimum atomic E-state index is -4.82. The summed E-state index contributed by atoms with van der Waals surface area (Å²) >= 11 is 0. The summed E-state index contributed by atoms with van der Waals surface area (Å²) in [6, 6.07) is 9.50. The number of unbranched alkanes of at least 4 members (excludes halogenated alkanes) is 1. The Kier molecular flexibility index (Phi) is 12.2. The maximum absolute atomic E-state index is 14.1. The van der Waals surface area contributed by atoms with E-state index in [9.17, 15) is 22.5 Å². The molecule has 0 aliphatic carbocycles. The standard InChI is InChI=1S/C30H33F3N7O6P/c1-4-45-47(43)46-18-19-7-9-25(26(13-19)44-3)38-29-35-16-23(30(31,32)33)27(39-29)37-24-10-8-20(14-22(24)28(42)34-2)21-15-36-40(17-21)11-5-6-12-41/h7-10,13-17,41H,4-6,11-12,18H2,1-3H3,(H2-,34,35,37,38,39,42)/p+1. The van der Waals surface area contributed by atoms with Gasteiger partial charge in [-0.1, -0.05) is 12.1 Å². The third-order valence-electron chi connectivity index (χ3n) is 6.68. The molecule has 0 spiro atoms. The van der Waals surface area contributed by atoms with Gasteiger partial charge < -0.3 is 25.8 Å². The summed E-state index contributed by atoms with van der Waals surface area (Å²) in [5.41, 5.74) is 1.26. The van der Waals surface area contributed by atoms with Crippen LogP contribution >= 0.6 is 8.25 Å². The Morgan fingerprint density at radius 2 is 1.83 bits per heavy atom. The third kappa shape index (κ3) is 9.45. The molecule has 0 bridgehead atoms. The molecule has 4 aromatic rings. The summed E-state index contributed by atoms with van der Waals surface area (Å²) in [4.78, 5) is 20.8. The first-order valence-electron chi connectivity index (χ1n) is 14.4. The molecule has 250 valence electrons. The number of aryl methyl sites for hydroxylation is 1. The Morgan fingerprint density at radius 3 is 2.53 bits per heavy atom. The van der Waals surface area contributed by atoms with Crippen LogP contribution in [0.3, 0.4) is 0 Å². The van der Waals surface area contributed by atoms with Crippen molar-refractivity contribution in [3.8, 4) is 16.9 Å². The largest absolute Gasteiger partial charge is 0.697 e. The number of methoxy groups -OCH3 is 1. The van der Waals surface area contributed by atoms with Crippen LogP contribution in [0.1, 0.15) is 41.3 Å². The molecule has 13 nitrogen and oxygen atoms in total. The molecule has 17 heteroatoms. The van der Waals surface area contributed by atoms with Crippen LogP contribution < -0.4 is 20.7 Å². The second kappa shape index (κ2) is 16.3. The van der Waals surface area contributed by atoms with E-state index >= 15 is 0 Å². The first kappa shape index (κ1) is 35.2. The van der Waals surface area contributed by atoms with Gasteiger partial charge in [0.2, 0.25) is 5.95 Å². The number of carbonyl (C=O) groups excluding carboxylic acids is 1. The van der Waals surface area contributed by atoms with Crippen LogP contribution in [0.4, 0.5) is 36.3 Å². The molecule has 0 aliphatic heterocycles. The van der Waals surface area contributed by atoms with E-state index in [4.69, 9.17) is 18.9 Å². The molecule has 2 heterocycles. The molecular weight excluding hydrogens is 642 g/mol. The molecule has 1 amide bonds. The number of nitrogens with one attached hydrogen (secondary N) is 3. The fourth-order valence-corrected chi connectivity index (χ4v) is 4.91. The van der Waals surface area contributed by atoms with Gasteiger partial charge in [-0.05, 0) is 55.2 Å². The molecule has 4 N–H and O–H groups in total. The highest BCUT2D eigenvalue weighted by Crippen LogP contribution is 2.37. The van der Waals surface area contributed by atoms with Gasteiger partial charge in [0.05, 0.1) is 30.2 Å². The molecule has 47 heavy (non-hydrogen) atoms. The molecule has 2 aromatic carbocycles. The van der Waals surface area contributed by atoms with Gasteiger partial charge in [0.1, 0.15) is 30.3 Å². The summed E-state index contributed by atoms with van der Waals surface area (Å²) < 4.78 is 71.0. The minimum Gasteiger partial charge on any atom is -0.495 e. The van der Waals surface area contributed by atoms with E-state index in [0.29, 0.717) is 47.3 Å². The number of aliphatic hydroxyl groups is 1. The van der Waals surface area contributed by atoms with Crippen molar-refractivity contribution in [3.05, 3.63) is 71.7 Å². The lowest BCUT2D eigenvalue weighted by Gasteiger charge is -2.17. The first-order valence-corrected chi connectivity index (χ1v) is 15.5. The number of aliphatic hydroxyl groups excluding tert-OH is 1. The molecule has 0 saturated heterocycles. The van der Waals surface area contributed by atoms with E-state index in [2.05, 4.69) is 31.0 Å². The highest BCUT2D eigenvalue weighted by atomic mass is 31.1. The van der Waals surface area contributed by atoms with E-state index in [1.165, 1.54) is 20.2 Å². The molecule has 4 rings (SSSR count). The predicted molar refractivity (Wildman–Crippen MR) is 168 cm³/mol. The van der Waals surface area contributed by atoms with Crippen LogP contribution in [-0.2, 0) is 32.9 Å². The Hall–Kier alpha value is -4.63. The molecular formula is C30H34F3N7O6P+. The zero-order chi connectivity index (χ0) is 34.0. The zero-order valence-corrected chi connectivity index (χ0v) is 26.7. The van der Waals surface area contributed by atoms with Gasteiger partial charge in [0, 0.05) is 42.7 Å². The molecule has 0 saturated carbocycles. The van der Waals surface area contributed by atoms with Gasteiger partial charge in [-0.15, -0.1) is 9.05 Å². The summed E-state index contributed by atoms with van der Waals surface area (Å²) in [6.07, 6.45) is 0.581. The van der Waals surface area contributed by atoms with Crippen molar-refractivity contribution < 1.29 is 41.4 Å². The number of anilines is 4. The van der Waals surface area contributed by atoms with Gasteiger partial charge in [-0.2, -0.15) is 23.3 Å². The molecule has 0 radical (unpaired) electrons. The van der Waals surface area contributed by atoms with E-state index in [1.54, 1.807) is 54.3 Å². The average Bonchev–Trinajstić information content (AvgIpc) is 3.53. The fraction of sp³-hybridized carbons (Fsp3) is 0.333. The maximum Gasteiger partial charge on any atom is 0.697 e. The Bertz CT molecular complexity index is 1700. The number of ether oxygens (including phenoxy) is 1. The van der Waals surface area contributed by atoms with Crippen molar-refractivity contribution in [3.63, 3.8) is 0 Å². The number of hydrogen-bond acceptors (Lipinski definition) is 11. The monoisotopic (exact) mass is 676 g/mol. The number of rotatable bonds is 16. The number of alkyl halides is 3. The second-order valence-electron chi connectivity index (χ2n) is 9.92. The normalized spacial score (nSPS) is 11.7. The van der Waals surface area contributed by atoms with E-state index < -0.39 is 31.7 Å². The molecule has 0 fully saturated rings. The average molecular weight is 677 g/mol. The quantitative estimate of drug-likeness (QED) is 0.0790. The second-order valence-corrected chi connectivity index (χ2v) is 10.9. The number of benzene rings is 2. The zero-order valence-electron chi connectivity index (χ0n) is 25.8. The van der Waals surface area contributed by atoms with E-state index in [-0.39, 0.29) is 37.0 Å². The Morgan fingerprint density at radius 1 is 1.04 bits per heavy atom. The summed E-state index contributed by atoms with van der Waals surface area (Å²) in [6.45, 7) is 2.55. The lowest BCUT2D eigenvalue weighted by molar-refractivity contribution is -0.137. The number of nitrogens with zero attached hydrogens (tertiary/aromatic N) is 4. The highest BCUT2D eigenvalue weighted by molar-refractivity contribution is 7.33. The van der Waals surface area contributed by atoms with Gasteiger partial charge in [-0.25, -0.2) is 4.98 Å². The number of amides is 1. The lowest BCUT2D eigenvalue weighted by atomic mass is 10.0. The number of carbonyl (C=O) groups is 1. The Labute approximate surface area is 269 Å². The van der Waals surface area contributed by atoms with Crippen LogP contribution in [0.5, 0.6) is 5.75 Å². The van der Waals surface area contributed by atoms with Crippen LogP contribution in [0.15, 0.2) is 55.0 Å². The van der Waals surface area contributed by atoms with Crippen LogP contribution in [0, 0.1) is 0 Å². The van der Waals surface area contributed by atoms with Gasteiger partial charge in [0.25, 0.3) is 5.91 Å². The highest BCUT2D eigenvalue weighted by Gasteiger charge is 2.36. The maximum atomic E-state index is 14.1. The van der Waals surface area contributed by atoms with Crippen LogP contribution in [-0.4, -0.2) is 58.1 Å². The van der Waals surface area contributed by atoms with Gasteiger partial charge in [-0.3, -0.25) is 9.48 Å². The number of aromatic nitrogens is 4. The Balaban J connectivity index is 1.63. The summed E-state index contributed by atoms with van der Waals surface area (Å²) in [5, 5.41) is 21.4. The molecule has 1 atom stereocenters. The predicted octanol–water partition coefficient (Wildman–Crippen LogP) is 6.20. The molecule has 0 aliphatic rings. The van der Waals surface area contributed by atoms with Crippen molar-refractivity contribution in [2.24, 2.45) is 0 Å². The number of halogens is 3. The van der Waals surface area contributed by atoms with Crippen molar-refractivity contribution in [1.82, 2.24) is 25.1 Å². The van der Waals surface area contributed by atoms with Crippen LogP contribution in [0.25, 0.3) is 11.1 Å². The SMILES string of the molecule is CCO[P+](=O)OCc1ccc(Nc2ncc(C(F)(F)F)c(Nc3ccc(-c4cnn(CCCCO)c4)cc3C(=O)NC)n2)c(OC)c1. The van der Waals surface area contributed by atoms with Gasteiger partial charge >= 0.3 is 14.4 Å². The molecule has 2 aromatic heterocycles. The molecule has 1 unspecified atom stereocenters. The first-order chi connectivity index (χ1) is 22.6. The topological polar surface area (TPSA) is 162 Å². The van der Waals surface area contributed by atoms with Crippen LogP contribution in [0.2, 0.25) is 0 Å². The number of hydrogen-bond donors (Lipinski definition) is 4.